The average molecular weight is 312 g/mol. The number of nitrogens with zero attached hydrogens (tertiary/aromatic N) is 5. The van der Waals surface area contributed by atoms with Crippen molar-refractivity contribution in [2.45, 2.75) is 26.8 Å². The standard InChI is InChI=1S/C15H16N6O2/c1-3-14(22)21(8-13-10(2)9-23-18-13)12-6-4-5-11(7-12)15-16-19-20-17-15/h4-7,9H,3,8H2,1-2H3,(H,16,17,19,20). The molecule has 2 heterocycles. The van der Waals surface area contributed by atoms with Crippen LogP contribution in [-0.2, 0) is 11.3 Å². The van der Waals surface area contributed by atoms with Gasteiger partial charge in [0.25, 0.3) is 0 Å². The Labute approximate surface area is 132 Å². The number of nitrogens with one attached hydrogen (secondary N) is 1. The summed E-state index contributed by atoms with van der Waals surface area (Å²) in [5, 5.41) is 17.7. The van der Waals surface area contributed by atoms with Crippen LogP contribution in [0.3, 0.4) is 0 Å². The van der Waals surface area contributed by atoms with E-state index < -0.39 is 0 Å². The highest BCUT2D eigenvalue weighted by Gasteiger charge is 2.18. The van der Waals surface area contributed by atoms with Crippen LogP contribution >= 0.6 is 0 Å². The Morgan fingerprint density at radius 1 is 1.39 bits per heavy atom. The fraction of sp³-hybridized carbons (Fsp3) is 0.267. The summed E-state index contributed by atoms with van der Waals surface area (Å²) in [6.07, 6.45) is 1.96. The van der Waals surface area contributed by atoms with Gasteiger partial charge >= 0.3 is 0 Å². The number of hydrogen-bond acceptors (Lipinski definition) is 6. The molecule has 23 heavy (non-hydrogen) atoms. The molecule has 0 aliphatic heterocycles. The van der Waals surface area contributed by atoms with E-state index in [4.69, 9.17) is 4.52 Å². The molecule has 0 fully saturated rings. The number of aromatic amines is 1. The fourth-order valence-electron chi connectivity index (χ4n) is 2.23. The number of benzene rings is 1. The Morgan fingerprint density at radius 3 is 2.91 bits per heavy atom. The van der Waals surface area contributed by atoms with Gasteiger partial charge in [0.15, 0.2) is 5.82 Å². The molecule has 0 aliphatic carbocycles. The molecule has 0 saturated carbocycles. The van der Waals surface area contributed by atoms with Crippen LogP contribution in [0.2, 0.25) is 0 Å². The number of carbonyl (C=O) groups excluding carboxylic acids is 1. The summed E-state index contributed by atoms with van der Waals surface area (Å²) >= 11 is 0. The first-order chi connectivity index (χ1) is 11.2. The second-order valence-electron chi connectivity index (χ2n) is 5.08. The molecule has 118 valence electrons. The van der Waals surface area contributed by atoms with Crippen molar-refractivity contribution in [2.75, 3.05) is 4.90 Å². The third kappa shape index (κ3) is 3.10. The van der Waals surface area contributed by atoms with E-state index in [0.29, 0.717) is 18.8 Å². The van der Waals surface area contributed by atoms with Crippen molar-refractivity contribution in [1.82, 2.24) is 25.8 Å². The molecule has 1 N–H and O–H groups in total. The van der Waals surface area contributed by atoms with Gasteiger partial charge in [-0.1, -0.05) is 24.2 Å². The lowest BCUT2D eigenvalue weighted by molar-refractivity contribution is -0.118. The normalized spacial score (nSPS) is 10.7. The minimum atomic E-state index is 0.000227. The van der Waals surface area contributed by atoms with Crippen molar-refractivity contribution in [2.24, 2.45) is 0 Å². The van der Waals surface area contributed by atoms with E-state index in [0.717, 1.165) is 22.5 Å². The highest BCUT2D eigenvalue weighted by atomic mass is 16.5. The van der Waals surface area contributed by atoms with Gasteiger partial charge in [-0.3, -0.25) is 4.79 Å². The lowest BCUT2D eigenvalue weighted by atomic mass is 10.1. The molecule has 8 heteroatoms. The summed E-state index contributed by atoms with van der Waals surface area (Å²) in [5.41, 5.74) is 3.21. The van der Waals surface area contributed by atoms with Crippen LogP contribution in [0.5, 0.6) is 0 Å². The Bertz CT molecular complexity index is 796. The maximum Gasteiger partial charge on any atom is 0.227 e. The summed E-state index contributed by atoms with van der Waals surface area (Å²) in [5.74, 6) is 0.550. The molecule has 3 rings (SSSR count). The minimum absolute atomic E-state index is 0.000227. The Hall–Kier alpha value is -3.03. The molecule has 0 aliphatic rings. The Kier molecular flexibility index (Phi) is 4.13. The first kappa shape index (κ1) is 14.9. The van der Waals surface area contributed by atoms with E-state index in [1.165, 1.54) is 0 Å². The van der Waals surface area contributed by atoms with Gasteiger partial charge in [-0.15, -0.1) is 5.10 Å². The highest BCUT2D eigenvalue weighted by Crippen LogP contribution is 2.24. The number of amides is 1. The first-order valence-corrected chi connectivity index (χ1v) is 7.23. The third-order valence-electron chi connectivity index (χ3n) is 3.54. The van der Waals surface area contributed by atoms with Gasteiger partial charge < -0.3 is 9.42 Å². The van der Waals surface area contributed by atoms with Crippen molar-refractivity contribution in [3.63, 3.8) is 0 Å². The number of hydrogen-bond donors (Lipinski definition) is 1. The van der Waals surface area contributed by atoms with Crippen LogP contribution < -0.4 is 4.90 Å². The molecule has 3 aromatic rings. The number of rotatable bonds is 5. The molecule has 0 saturated heterocycles. The molecule has 1 aromatic carbocycles. The molecule has 0 spiro atoms. The van der Waals surface area contributed by atoms with Gasteiger partial charge in [-0.25, -0.2) is 5.10 Å². The quantitative estimate of drug-likeness (QED) is 0.774. The predicted molar refractivity (Wildman–Crippen MR) is 82.3 cm³/mol. The van der Waals surface area contributed by atoms with Crippen LogP contribution in [0.25, 0.3) is 11.4 Å². The maximum atomic E-state index is 12.4. The summed E-state index contributed by atoms with van der Waals surface area (Å²) in [7, 11) is 0. The lowest BCUT2D eigenvalue weighted by Gasteiger charge is -2.22. The van der Waals surface area contributed by atoms with Crippen LogP contribution in [0, 0.1) is 6.92 Å². The zero-order valence-corrected chi connectivity index (χ0v) is 12.9. The summed E-state index contributed by atoms with van der Waals surface area (Å²) < 4.78 is 4.96. The molecule has 0 bridgehead atoms. The van der Waals surface area contributed by atoms with Crippen molar-refractivity contribution in [3.8, 4) is 11.4 Å². The minimum Gasteiger partial charge on any atom is -0.364 e. The first-order valence-electron chi connectivity index (χ1n) is 7.23. The zero-order chi connectivity index (χ0) is 16.2. The molecule has 0 radical (unpaired) electrons. The molecule has 0 unspecified atom stereocenters. The number of carbonyl (C=O) groups is 1. The monoisotopic (exact) mass is 312 g/mol. The van der Waals surface area contributed by atoms with Crippen LogP contribution in [-0.4, -0.2) is 31.7 Å². The predicted octanol–water partition coefficient (Wildman–Crippen LogP) is 2.11. The number of aromatic nitrogens is 5. The van der Waals surface area contributed by atoms with E-state index >= 15 is 0 Å². The molecule has 2 aromatic heterocycles. The average Bonchev–Trinajstić information content (AvgIpc) is 3.24. The highest BCUT2D eigenvalue weighted by molar-refractivity contribution is 5.93. The number of aryl methyl sites for hydroxylation is 1. The molecular formula is C15H16N6O2. The number of H-pyrrole nitrogens is 1. The fourth-order valence-corrected chi connectivity index (χ4v) is 2.23. The number of anilines is 1. The van der Waals surface area contributed by atoms with E-state index in [1.54, 1.807) is 11.2 Å². The largest absolute Gasteiger partial charge is 0.364 e. The van der Waals surface area contributed by atoms with Gasteiger partial charge in [0, 0.05) is 23.2 Å². The summed E-state index contributed by atoms with van der Waals surface area (Å²) in [4.78, 5) is 14.0. The second-order valence-corrected chi connectivity index (χ2v) is 5.08. The summed E-state index contributed by atoms with van der Waals surface area (Å²) in [6, 6.07) is 7.47. The van der Waals surface area contributed by atoms with E-state index in [2.05, 4.69) is 25.8 Å². The van der Waals surface area contributed by atoms with Crippen LogP contribution in [0.4, 0.5) is 5.69 Å². The third-order valence-corrected chi connectivity index (χ3v) is 3.54. The van der Waals surface area contributed by atoms with Gasteiger partial charge in [0.1, 0.15) is 12.0 Å². The molecule has 0 atom stereocenters. The Morgan fingerprint density at radius 2 is 2.26 bits per heavy atom. The van der Waals surface area contributed by atoms with E-state index in [-0.39, 0.29) is 5.91 Å². The maximum absolute atomic E-state index is 12.4. The van der Waals surface area contributed by atoms with Crippen molar-refractivity contribution >= 4 is 11.6 Å². The Balaban J connectivity index is 1.95. The van der Waals surface area contributed by atoms with E-state index in [9.17, 15) is 4.79 Å². The topological polar surface area (TPSA) is 101 Å². The lowest BCUT2D eigenvalue weighted by Crippen LogP contribution is -2.30. The van der Waals surface area contributed by atoms with Crippen molar-refractivity contribution in [3.05, 3.63) is 41.8 Å². The SMILES string of the molecule is CCC(=O)N(Cc1nocc1C)c1cccc(-c2nnn[nH]2)c1. The van der Waals surface area contributed by atoms with Gasteiger partial charge in [-0.2, -0.15) is 0 Å². The van der Waals surface area contributed by atoms with Gasteiger partial charge in [-0.05, 0) is 29.5 Å². The second kappa shape index (κ2) is 6.39. The smallest absolute Gasteiger partial charge is 0.227 e. The van der Waals surface area contributed by atoms with Crippen molar-refractivity contribution in [1.29, 1.82) is 0 Å². The van der Waals surface area contributed by atoms with E-state index in [1.807, 2.05) is 38.1 Å². The van der Waals surface area contributed by atoms with Crippen LogP contribution in [0.1, 0.15) is 24.6 Å². The molecule has 1 amide bonds. The molecular weight excluding hydrogens is 296 g/mol. The van der Waals surface area contributed by atoms with Gasteiger partial charge in [0.2, 0.25) is 5.91 Å². The number of tetrazole rings is 1. The van der Waals surface area contributed by atoms with Gasteiger partial charge in [0.05, 0.1) is 6.54 Å². The van der Waals surface area contributed by atoms with Crippen LogP contribution in [0.15, 0.2) is 35.1 Å². The zero-order valence-electron chi connectivity index (χ0n) is 12.9. The molecule has 8 nitrogen and oxygen atoms in total. The van der Waals surface area contributed by atoms with Crippen molar-refractivity contribution < 1.29 is 9.32 Å². The summed E-state index contributed by atoms with van der Waals surface area (Å²) in [6.45, 7) is 4.08.